The summed E-state index contributed by atoms with van der Waals surface area (Å²) in [6, 6.07) is 2.83. The Hall–Kier alpha value is 0.140. The van der Waals surface area contributed by atoms with Crippen molar-refractivity contribution in [2.75, 3.05) is 6.54 Å². The largest absolute Gasteiger partial charge is 0.309 e. The number of rotatable bonds is 6. The first-order valence-corrected chi connectivity index (χ1v) is 7.70. The van der Waals surface area contributed by atoms with Crippen LogP contribution in [0.2, 0.25) is 0 Å². The van der Waals surface area contributed by atoms with Crippen molar-refractivity contribution in [1.82, 2.24) is 5.32 Å². The number of aryl methyl sites for hydroxylation is 1. The van der Waals surface area contributed by atoms with Crippen molar-refractivity contribution >= 4 is 27.3 Å². The second kappa shape index (κ2) is 6.77. The van der Waals surface area contributed by atoms with Gasteiger partial charge in [0.25, 0.3) is 0 Å². The molecule has 1 aromatic rings. The van der Waals surface area contributed by atoms with Gasteiger partial charge in [-0.25, -0.2) is 0 Å². The molecule has 1 heterocycles. The lowest BCUT2D eigenvalue weighted by atomic mass is 9.95. The van der Waals surface area contributed by atoms with Crippen LogP contribution in [0.5, 0.6) is 0 Å². The number of hydrogen-bond acceptors (Lipinski definition) is 2. The normalized spacial score (nSPS) is 15.1. The Labute approximate surface area is 112 Å². The molecule has 0 radical (unpaired) electrons. The van der Waals surface area contributed by atoms with Crippen molar-refractivity contribution in [3.8, 4) is 0 Å². The topological polar surface area (TPSA) is 12.0 Å². The maximum atomic E-state index is 3.61. The Kier molecular flexibility index (Phi) is 6.01. The molecule has 0 aliphatic carbocycles. The Morgan fingerprint density at radius 3 is 2.56 bits per heavy atom. The highest BCUT2D eigenvalue weighted by Crippen LogP contribution is 2.35. The summed E-state index contributed by atoms with van der Waals surface area (Å²) in [5.41, 5.74) is 1.35. The van der Waals surface area contributed by atoms with Crippen molar-refractivity contribution in [1.29, 1.82) is 0 Å². The fraction of sp³-hybridized carbons (Fsp3) is 0.692. The number of nitrogens with one attached hydrogen (secondary N) is 1. The van der Waals surface area contributed by atoms with Crippen LogP contribution in [0.15, 0.2) is 9.85 Å². The second-order valence-corrected chi connectivity index (χ2v) is 6.81. The van der Waals surface area contributed by atoms with Crippen LogP contribution in [0.3, 0.4) is 0 Å². The molecular formula is C13H22BrNS. The Bertz CT molecular complexity index is 302. The van der Waals surface area contributed by atoms with Gasteiger partial charge in [0.2, 0.25) is 0 Å². The summed E-state index contributed by atoms with van der Waals surface area (Å²) in [4.78, 5) is 1.46. The smallest absolute Gasteiger partial charge is 0.0731 e. The monoisotopic (exact) mass is 303 g/mol. The average molecular weight is 304 g/mol. The molecule has 1 rings (SSSR count). The summed E-state index contributed by atoms with van der Waals surface area (Å²) in [6.07, 6.45) is 2.54. The van der Waals surface area contributed by atoms with Gasteiger partial charge in [0.15, 0.2) is 0 Å². The van der Waals surface area contributed by atoms with E-state index >= 15 is 0 Å². The molecule has 1 aromatic heterocycles. The predicted octanol–water partition coefficient (Wildman–Crippen LogP) is 4.91. The Morgan fingerprint density at radius 1 is 1.44 bits per heavy atom. The Balaban J connectivity index is 2.83. The summed E-state index contributed by atoms with van der Waals surface area (Å²) in [5, 5.41) is 3.61. The molecule has 3 heteroatoms. The van der Waals surface area contributed by atoms with Gasteiger partial charge in [-0.1, -0.05) is 27.2 Å². The van der Waals surface area contributed by atoms with E-state index in [1.807, 2.05) is 11.3 Å². The summed E-state index contributed by atoms with van der Waals surface area (Å²) < 4.78 is 1.27. The molecule has 0 aliphatic heterocycles. The fourth-order valence-corrected chi connectivity index (χ4v) is 3.84. The van der Waals surface area contributed by atoms with Gasteiger partial charge in [0.1, 0.15) is 0 Å². The molecule has 0 aliphatic rings. The van der Waals surface area contributed by atoms with Gasteiger partial charge >= 0.3 is 0 Å². The molecule has 0 saturated heterocycles. The molecule has 0 amide bonds. The van der Waals surface area contributed by atoms with Gasteiger partial charge in [0.05, 0.1) is 3.79 Å². The van der Waals surface area contributed by atoms with E-state index < -0.39 is 0 Å². The summed E-state index contributed by atoms with van der Waals surface area (Å²) in [7, 11) is 0. The van der Waals surface area contributed by atoms with Crippen molar-refractivity contribution in [2.24, 2.45) is 5.92 Å². The minimum absolute atomic E-state index is 0.514. The van der Waals surface area contributed by atoms with Gasteiger partial charge in [0, 0.05) is 10.9 Å². The highest BCUT2D eigenvalue weighted by molar-refractivity contribution is 9.11. The van der Waals surface area contributed by atoms with Crippen LogP contribution in [0.25, 0.3) is 0 Å². The molecule has 2 atom stereocenters. The molecule has 0 bridgehead atoms. The highest BCUT2D eigenvalue weighted by atomic mass is 79.9. The first-order valence-electron chi connectivity index (χ1n) is 6.09. The Morgan fingerprint density at radius 2 is 2.12 bits per heavy atom. The van der Waals surface area contributed by atoms with E-state index in [4.69, 9.17) is 0 Å². The van der Waals surface area contributed by atoms with Crippen LogP contribution in [-0.4, -0.2) is 6.54 Å². The lowest BCUT2D eigenvalue weighted by molar-refractivity contribution is 0.374. The third kappa shape index (κ3) is 3.57. The standard InChI is InChI=1S/C13H22BrNS/c1-5-7-9(3)12(15-6-2)11-8-10(4)13(14)16-11/h8-9,12,15H,5-7H2,1-4H3. The molecule has 0 fully saturated rings. The third-order valence-electron chi connectivity index (χ3n) is 2.92. The van der Waals surface area contributed by atoms with Gasteiger partial charge < -0.3 is 5.32 Å². The zero-order valence-corrected chi connectivity index (χ0v) is 13.0. The molecular weight excluding hydrogens is 282 g/mol. The van der Waals surface area contributed by atoms with Crippen LogP contribution in [0, 0.1) is 12.8 Å². The van der Waals surface area contributed by atoms with E-state index in [-0.39, 0.29) is 0 Å². The highest BCUT2D eigenvalue weighted by Gasteiger charge is 2.20. The first kappa shape index (κ1) is 14.2. The molecule has 2 unspecified atom stereocenters. The molecule has 0 spiro atoms. The summed E-state index contributed by atoms with van der Waals surface area (Å²) in [5.74, 6) is 0.704. The summed E-state index contributed by atoms with van der Waals surface area (Å²) >= 11 is 5.49. The molecule has 92 valence electrons. The lowest BCUT2D eigenvalue weighted by Gasteiger charge is -2.23. The lowest BCUT2D eigenvalue weighted by Crippen LogP contribution is -2.26. The van der Waals surface area contributed by atoms with E-state index in [2.05, 4.69) is 55.0 Å². The maximum Gasteiger partial charge on any atom is 0.0731 e. The van der Waals surface area contributed by atoms with Crippen molar-refractivity contribution in [2.45, 2.75) is 46.6 Å². The first-order chi connectivity index (χ1) is 7.60. The zero-order valence-electron chi connectivity index (χ0n) is 10.6. The van der Waals surface area contributed by atoms with Crippen LogP contribution in [-0.2, 0) is 0 Å². The van der Waals surface area contributed by atoms with E-state index in [9.17, 15) is 0 Å². The SMILES string of the molecule is CCCC(C)C(NCC)c1cc(C)c(Br)s1. The quantitative estimate of drug-likeness (QED) is 0.787. The molecule has 0 aromatic carbocycles. The van der Waals surface area contributed by atoms with Gasteiger partial charge in [-0.05, 0) is 53.4 Å². The van der Waals surface area contributed by atoms with Crippen LogP contribution >= 0.6 is 27.3 Å². The molecule has 16 heavy (non-hydrogen) atoms. The van der Waals surface area contributed by atoms with Gasteiger partial charge in [-0.15, -0.1) is 11.3 Å². The average Bonchev–Trinajstić information content (AvgIpc) is 2.55. The van der Waals surface area contributed by atoms with E-state index in [1.165, 1.54) is 27.1 Å². The van der Waals surface area contributed by atoms with Crippen molar-refractivity contribution in [3.63, 3.8) is 0 Å². The van der Waals surface area contributed by atoms with E-state index in [0.717, 1.165) is 6.54 Å². The number of hydrogen-bond donors (Lipinski definition) is 1. The fourth-order valence-electron chi connectivity index (χ4n) is 2.06. The minimum Gasteiger partial charge on any atom is -0.309 e. The van der Waals surface area contributed by atoms with Crippen LogP contribution in [0.4, 0.5) is 0 Å². The van der Waals surface area contributed by atoms with Crippen LogP contribution in [0.1, 0.15) is 50.1 Å². The van der Waals surface area contributed by atoms with Crippen LogP contribution < -0.4 is 5.32 Å². The number of thiophene rings is 1. The zero-order chi connectivity index (χ0) is 12.1. The van der Waals surface area contributed by atoms with E-state index in [1.54, 1.807) is 0 Å². The third-order valence-corrected chi connectivity index (χ3v) is 5.14. The summed E-state index contributed by atoms with van der Waals surface area (Å²) in [6.45, 7) is 9.99. The van der Waals surface area contributed by atoms with Crippen molar-refractivity contribution in [3.05, 3.63) is 20.3 Å². The predicted molar refractivity (Wildman–Crippen MR) is 77.2 cm³/mol. The maximum absolute atomic E-state index is 3.61. The van der Waals surface area contributed by atoms with Gasteiger partial charge in [-0.3, -0.25) is 0 Å². The second-order valence-electron chi connectivity index (χ2n) is 4.41. The molecule has 1 N–H and O–H groups in total. The van der Waals surface area contributed by atoms with Crippen molar-refractivity contribution < 1.29 is 0 Å². The minimum atomic E-state index is 0.514. The molecule has 1 nitrogen and oxygen atoms in total. The number of halogens is 1. The van der Waals surface area contributed by atoms with Gasteiger partial charge in [-0.2, -0.15) is 0 Å². The van der Waals surface area contributed by atoms with E-state index in [0.29, 0.717) is 12.0 Å². The molecule has 0 saturated carbocycles.